The Morgan fingerprint density at radius 3 is 2.09 bits per heavy atom. The summed E-state index contributed by atoms with van der Waals surface area (Å²) in [5, 5.41) is 12.2. The summed E-state index contributed by atoms with van der Waals surface area (Å²) in [4.78, 5) is 39.7. The van der Waals surface area contributed by atoms with E-state index in [1.165, 1.54) is 6.92 Å². The minimum atomic E-state index is -4.55. The molecule has 0 bridgehead atoms. The maximum absolute atomic E-state index is 13.7. The number of allylic oxidation sites excluding steroid dienone is 4. The molecule has 1 N–H and O–H groups in total. The zero-order valence-electron chi connectivity index (χ0n) is 29.8. The predicted octanol–water partition coefficient (Wildman–Crippen LogP) is 9.47. The van der Waals surface area contributed by atoms with Crippen molar-refractivity contribution in [1.82, 2.24) is 5.32 Å². The number of carbonyl (C=O) groups is 3. The summed E-state index contributed by atoms with van der Waals surface area (Å²) < 4.78 is 40.5. The summed E-state index contributed by atoms with van der Waals surface area (Å²) in [6.07, 6.45) is 4.23. The third-order valence-electron chi connectivity index (χ3n) is 11.9. The van der Waals surface area contributed by atoms with Crippen LogP contribution in [0.5, 0.6) is 0 Å². The quantitative estimate of drug-likeness (QED) is 0.217. The van der Waals surface area contributed by atoms with Crippen LogP contribution in [0, 0.1) is 49.7 Å². The van der Waals surface area contributed by atoms with Crippen LogP contribution in [0.3, 0.4) is 0 Å². The third-order valence-corrected chi connectivity index (χ3v) is 11.9. The zero-order valence-corrected chi connectivity index (χ0v) is 29.8. The summed E-state index contributed by atoms with van der Waals surface area (Å²) in [5.41, 5.74) is -2.71. The number of nitrogens with one attached hydrogen (secondary N) is 1. The average Bonchev–Trinajstić information content (AvgIpc) is 2.90. The highest BCUT2D eigenvalue weighted by atomic mass is 19.4. The van der Waals surface area contributed by atoms with E-state index < -0.39 is 45.2 Å². The topological polar surface area (TPSA) is 87.0 Å². The molecule has 1 unspecified atom stereocenters. The maximum atomic E-state index is 13.7. The third kappa shape index (κ3) is 7.76. The molecule has 45 heavy (non-hydrogen) atoms. The number of nitriles is 1. The molecular formula is C37H57F3N2O3. The molecule has 0 aromatic carbocycles. The summed E-state index contributed by atoms with van der Waals surface area (Å²) >= 11 is 0. The number of carbonyl (C=O) groups excluding carboxylic acids is 3. The fourth-order valence-corrected chi connectivity index (χ4v) is 8.20. The van der Waals surface area contributed by atoms with Gasteiger partial charge in [0.25, 0.3) is 0 Å². The number of amides is 1. The Morgan fingerprint density at radius 1 is 1.04 bits per heavy atom. The highest BCUT2D eigenvalue weighted by molar-refractivity contribution is 6.04. The number of alkyl halides is 3. The van der Waals surface area contributed by atoms with E-state index in [-0.39, 0.29) is 28.5 Å². The molecule has 8 heteroatoms. The van der Waals surface area contributed by atoms with E-state index in [2.05, 4.69) is 52.9 Å². The number of hydrogen-bond donors (Lipinski definition) is 1. The second-order valence-electron chi connectivity index (χ2n) is 16.7. The van der Waals surface area contributed by atoms with Crippen molar-refractivity contribution in [1.29, 1.82) is 5.26 Å². The van der Waals surface area contributed by atoms with Gasteiger partial charge in [-0.15, -0.1) is 0 Å². The lowest BCUT2D eigenvalue weighted by Crippen LogP contribution is -2.56. The Morgan fingerprint density at radius 2 is 1.60 bits per heavy atom. The van der Waals surface area contributed by atoms with E-state index in [0.29, 0.717) is 38.5 Å². The molecule has 1 saturated carbocycles. The molecule has 0 aromatic heterocycles. The van der Waals surface area contributed by atoms with Gasteiger partial charge in [-0.3, -0.25) is 14.4 Å². The van der Waals surface area contributed by atoms with Crippen LogP contribution in [-0.2, 0) is 14.4 Å². The van der Waals surface area contributed by atoms with Gasteiger partial charge in [0, 0.05) is 16.2 Å². The fraction of sp³-hybridized carbons (Fsp3) is 0.784. The monoisotopic (exact) mass is 634 g/mol. The van der Waals surface area contributed by atoms with Crippen molar-refractivity contribution in [3.05, 3.63) is 23.3 Å². The first-order valence-corrected chi connectivity index (χ1v) is 16.5. The number of fused-ring (bicyclic) bond motifs is 1. The Labute approximate surface area is 269 Å². The molecule has 2 aliphatic carbocycles. The molecule has 5 atom stereocenters. The molecule has 5 nitrogen and oxygen atoms in total. The van der Waals surface area contributed by atoms with Gasteiger partial charge < -0.3 is 5.32 Å². The molecule has 2 aliphatic rings. The molecule has 2 rings (SSSR count). The van der Waals surface area contributed by atoms with Gasteiger partial charge in [0.15, 0.2) is 11.6 Å². The second-order valence-corrected chi connectivity index (χ2v) is 16.7. The van der Waals surface area contributed by atoms with E-state index in [0.717, 1.165) is 25.3 Å². The number of hydrogen-bond acceptors (Lipinski definition) is 4. The van der Waals surface area contributed by atoms with Crippen LogP contribution < -0.4 is 5.32 Å². The molecule has 0 saturated heterocycles. The second kappa shape index (κ2) is 13.0. The van der Waals surface area contributed by atoms with E-state index in [4.69, 9.17) is 0 Å². The Kier molecular flexibility index (Phi) is 11.2. The lowest BCUT2D eigenvalue weighted by atomic mass is 9.42. The fourth-order valence-electron chi connectivity index (χ4n) is 8.20. The number of Topliss-reactive ketones (excluding diaryl/α,β-unsaturated/α-hetero) is 1. The van der Waals surface area contributed by atoms with E-state index in [9.17, 15) is 32.8 Å². The van der Waals surface area contributed by atoms with Crippen molar-refractivity contribution >= 4 is 17.5 Å². The Hall–Kier alpha value is -2.43. The standard InChI is InChI=1S/C37H57F3N2O3/c1-13-15-31(4,5)17-19-34(10,30(45)42-25(3)37(38,39)40)20-18-32(6,7)36(12)16-14-27-33(8,9)29(44)26(23-41)22-35(27,11)28(36)21-24(2)43/h21-22,25,27H,13-20H2,1-12H3,(H,42,45)/b28-21-/t25?,27-,34-,35-,36+/m0/s1. The van der Waals surface area contributed by atoms with Gasteiger partial charge in [0.2, 0.25) is 5.91 Å². The normalized spacial score (nSPS) is 28.4. The van der Waals surface area contributed by atoms with Crippen LogP contribution in [-0.4, -0.2) is 29.7 Å². The minimum absolute atomic E-state index is 0.0617. The van der Waals surface area contributed by atoms with Crippen LogP contribution in [0.4, 0.5) is 13.2 Å². The van der Waals surface area contributed by atoms with Gasteiger partial charge in [0.1, 0.15) is 12.1 Å². The van der Waals surface area contributed by atoms with E-state index in [1.54, 1.807) is 19.1 Å². The van der Waals surface area contributed by atoms with Crippen molar-refractivity contribution in [2.24, 2.45) is 38.4 Å². The molecule has 1 fully saturated rings. The van der Waals surface area contributed by atoms with Crippen LogP contribution >= 0.6 is 0 Å². The molecule has 0 aromatic rings. The zero-order chi connectivity index (χ0) is 35.0. The summed E-state index contributed by atoms with van der Waals surface area (Å²) in [6, 6.07) is 0.140. The molecule has 0 heterocycles. The first kappa shape index (κ1) is 38.8. The predicted molar refractivity (Wildman–Crippen MR) is 173 cm³/mol. The maximum Gasteiger partial charge on any atom is 0.408 e. The molecule has 0 radical (unpaired) electrons. The van der Waals surface area contributed by atoms with Crippen molar-refractivity contribution in [3.8, 4) is 6.07 Å². The molecule has 1 amide bonds. The van der Waals surface area contributed by atoms with Crippen molar-refractivity contribution in [2.75, 3.05) is 0 Å². The van der Waals surface area contributed by atoms with E-state index in [1.807, 2.05) is 20.8 Å². The number of nitrogens with zero attached hydrogens (tertiary/aromatic N) is 1. The van der Waals surface area contributed by atoms with Gasteiger partial charge in [0.05, 0.1) is 5.57 Å². The van der Waals surface area contributed by atoms with Gasteiger partial charge in [-0.2, -0.15) is 18.4 Å². The van der Waals surface area contributed by atoms with Crippen molar-refractivity contribution < 1.29 is 27.6 Å². The van der Waals surface area contributed by atoms with Gasteiger partial charge in [-0.05, 0) is 87.0 Å². The van der Waals surface area contributed by atoms with Crippen molar-refractivity contribution in [2.45, 2.75) is 147 Å². The SMILES string of the molecule is CCCC(C)(C)CC[C@@](C)(CCC(C)(C)[C@]1(C)CC[C@H]2C(C)(C)C(=O)C(C#N)=C[C@]2(C)/C1=C/C(C)=O)C(=O)NC(C)C(F)(F)F. The number of rotatable bonds is 12. The van der Waals surface area contributed by atoms with Crippen molar-refractivity contribution in [3.63, 3.8) is 0 Å². The largest absolute Gasteiger partial charge is 0.408 e. The summed E-state index contributed by atoms with van der Waals surface area (Å²) in [7, 11) is 0. The van der Waals surface area contributed by atoms with Gasteiger partial charge in [-0.1, -0.05) is 87.3 Å². The highest BCUT2D eigenvalue weighted by Crippen LogP contribution is 2.67. The van der Waals surface area contributed by atoms with Gasteiger partial charge >= 0.3 is 6.18 Å². The number of halogens is 3. The molecule has 0 spiro atoms. The molecule has 0 aliphatic heterocycles. The molecule has 254 valence electrons. The Balaban J connectivity index is 2.58. The van der Waals surface area contributed by atoms with Crippen LogP contribution in [0.15, 0.2) is 23.3 Å². The minimum Gasteiger partial charge on any atom is -0.344 e. The Bertz CT molecular complexity index is 1270. The lowest BCUT2D eigenvalue weighted by molar-refractivity contribution is -0.162. The highest BCUT2D eigenvalue weighted by Gasteiger charge is 2.61. The van der Waals surface area contributed by atoms with Gasteiger partial charge in [-0.25, -0.2) is 0 Å². The van der Waals surface area contributed by atoms with Crippen LogP contribution in [0.2, 0.25) is 0 Å². The first-order chi connectivity index (χ1) is 20.2. The summed E-state index contributed by atoms with van der Waals surface area (Å²) in [6.45, 7) is 22.8. The summed E-state index contributed by atoms with van der Waals surface area (Å²) in [5.74, 6) is -1.02. The lowest BCUT2D eigenvalue weighted by Gasteiger charge is -2.61. The number of ketones is 2. The van der Waals surface area contributed by atoms with Crippen LogP contribution in [0.1, 0.15) is 134 Å². The van der Waals surface area contributed by atoms with E-state index >= 15 is 0 Å². The smallest absolute Gasteiger partial charge is 0.344 e. The van der Waals surface area contributed by atoms with Crippen LogP contribution in [0.25, 0.3) is 0 Å². The molecular weight excluding hydrogens is 577 g/mol. The first-order valence-electron chi connectivity index (χ1n) is 16.5. The average molecular weight is 635 g/mol.